The Morgan fingerprint density at radius 3 is 1.49 bits per heavy atom. The fraction of sp³-hybridized carbons (Fsp3) is 0.349. The van der Waals surface area contributed by atoms with E-state index in [1.54, 1.807) is 59.3 Å². The lowest BCUT2D eigenvalue weighted by molar-refractivity contribution is 0.0728. The number of rotatable bonds is 15. The Kier molecular flexibility index (Phi) is 16.8. The largest absolute Gasteiger partial charge is 0.356 e. The smallest absolute Gasteiger partial charge is 0.264 e. The Bertz CT molecular complexity index is 2620. The van der Waals surface area contributed by atoms with Crippen molar-refractivity contribution in [1.29, 1.82) is 0 Å². The summed E-state index contributed by atoms with van der Waals surface area (Å²) in [4.78, 5) is 58.0. The van der Waals surface area contributed by atoms with E-state index in [-0.39, 0.29) is 41.1 Å². The first-order chi connectivity index (χ1) is 29.8. The minimum atomic E-state index is -3.73. The number of amides is 4. The molecule has 4 aromatic rings. The average Bonchev–Trinajstić information content (AvgIpc) is 3.23. The first-order valence-corrected chi connectivity index (χ1v) is 24.9. The molecule has 0 aliphatic carbocycles. The molecule has 14 nitrogen and oxygen atoms in total. The van der Waals surface area contributed by atoms with Crippen molar-refractivity contribution in [3.63, 3.8) is 0 Å². The minimum absolute atomic E-state index is 0.110. The molecule has 0 fully saturated rings. The number of fused-ring (bicyclic) bond motifs is 2. The van der Waals surface area contributed by atoms with Crippen molar-refractivity contribution in [2.45, 2.75) is 59.5 Å². The Hall–Kier alpha value is -4.58. The molecule has 20 heteroatoms. The van der Waals surface area contributed by atoms with Gasteiger partial charge in [0.1, 0.15) is 0 Å². The first kappa shape index (κ1) is 49.4. The van der Waals surface area contributed by atoms with E-state index in [1.165, 1.54) is 24.3 Å². The van der Waals surface area contributed by atoms with Gasteiger partial charge in [-0.15, -0.1) is 0 Å². The predicted molar refractivity (Wildman–Crippen MR) is 249 cm³/mol. The standard InChI is InChI=1S/C22H25Cl2N3O4S.C21H23Cl2N3O4S/c1-3-5-10-32(30,31)25-21(28)15-7-9-18-20(11-15)27(14-26(4-2)22(18)29)13-16-6-8-17(23)12-19(16)24;1-3-4-9-31(29,30)24-20(27)14-6-8-17-19(10-14)25(2)13-26(21(17)28)12-15-5-7-16(22)11-18(15)23/h6-9,11-12H,3-5,10,13-14H2,1-2H3,(H,25,28);5-8,10-11H,3-4,9,12-13H2,1-2H3,(H,24,27). The number of sulfonamides is 2. The van der Waals surface area contributed by atoms with E-state index in [4.69, 9.17) is 46.4 Å². The summed E-state index contributed by atoms with van der Waals surface area (Å²) in [6, 6.07) is 19.4. The average molecular weight is 983 g/mol. The topological polar surface area (TPSA) is 174 Å². The molecule has 2 N–H and O–H groups in total. The van der Waals surface area contributed by atoms with Crippen molar-refractivity contribution in [3.05, 3.63) is 126 Å². The summed E-state index contributed by atoms with van der Waals surface area (Å²) < 4.78 is 52.5. The van der Waals surface area contributed by atoms with Gasteiger partial charge in [-0.25, -0.2) is 26.3 Å². The molecule has 2 aliphatic heterocycles. The Balaban J connectivity index is 0.000000238. The van der Waals surface area contributed by atoms with E-state index in [0.717, 1.165) is 11.1 Å². The Labute approximate surface area is 388 Å². The second-order valence-electron chi connectivity index (χ2n) is 15.0. The fourth-order valence-corrected chi connectivity index (χ4v) is 10.0. The molecule has 4 amide bonds. The molecule has 4 aromatic carbocycles. The van der Waals surface area contributed by atoms with Crippen LogP contribution in [0.15, 0.2) is 72.8 Å². The van der Waals surface area contributed by atoms with Crippen LogP contribution in [-0.2, 0) is 33.1 Å². The van der Waals surface area contributed by atoms with Crippen molar-refractivity contribution in [1.82, 2.24) is 19.2 Å². The molecule has 0 unspecified atom stereocenters. The predicted octanol–water partition coefficient (Wildman–Crippen LogP) is 8.20. The zero-order chi connectivity index (χ0) is 46.2. The van der Waals surface area contributed by atoms with Crippen LogP contribution in [0.4, 0.5) is 11.4 Å². The third-order valence-electron chi connectivity index (χ3n) is 10.2. The maximum atomic E-state index is 13.0. The Morgan fingerprint density at radius 1 is 0.587 bits per heavy atom. The van der Waals surface area contributed by atoms with Crippen LogP contribution >= 0.6 is 46.4 Å². The molecule has 6 rings (SSSR count). The van der Waals surface area contributed by atoms with E-state index in [9.17, 15) is 36.0 Å². The van der Waals surface area contributed by atoms with Gasteiger partial charge in [0, 0.05) is 57.9 Å². The van der Waals surface area contributed by atoms with E-state index >= 15 is 0 Å². The van der Waals surface area contributed by atoms with Crippen LogP contribution in [0.25, 0.3) is 0 Å². The van der Waals surface area contributed by atoms with Gasteiger partial charge in [0.25, 0.3) is 23.6 Å². The molecule has 0 bridgehead atoms. The number of nitrogens with one attached hydrogen (secondary N) is 2. The molecular formula is C43H48Cl4N6O8S2. The van der Waals surface area contributed by atoms with Crippen LogP contribution in [0.2, 0.25) is 20.1 Å². The maximum absolute atomic E-state index is 13.0. The molecule has 0 radical (unpaired) electrons. The van der Waals surface area contributed by atoms with Crippen molar-refractivity contribution in [2.75, 3.05) is 48.2 Å². The van der Waals surface area contributed by atoms with Crippen LogP contribution in [-0.4, -0.2) is 88.7 Å². The van der Waals surface area contributed by atoms with E-state index in [1.807, 2.05) is 36.6 Å². The summed E-state index contributed by atoms with van der Waals surface area (Å²) in [6.45, 7) is 7.42. The quantitative estimate of drug-likeness (QED) is 0.118. The van der Waals surface area contributed by atoms with Gasteiger partial charge < -0.3 is 19.6 Å². The summed E-state index contributed by atoms with van der Waals surface area (Å²) in [6.07, 6.45) is 2.34. The van der Waals surface area contributed by atoms with Gasteiger partial charge in [-0.1, -0.05) is 85.2 Å². The summed E-state index contributed by atoms with van der Waals surface area (Å²) in [5.74, 6) is -2.02. The number of halogens is 4. The van der Waals surface area contributed by atoms with Crippen LogP contribution in [0.5, 0.6) is 0 Å². The summed E-state index contributed by atoms with van der Waals surface area (Å²) >= 11 is 24.5. The highest BCUT2D eigenvalue weighted by Crippen LogP contribution is 2.33. The second kappa shape index (κ2) is 21.4. The zero-order valence-corrected chi connectivity index (χ0v) is 39.7. The fourth-order valence-electron chi connectivity index (χ4n) is 6.75. The molecule has 2 aliphatic rings. The lowest BCUT2D eigenvalue weighted by Gasteiger charge is -2.38. The number of hydrogen-bond acceptors (Lipinski definition) is 10. The minimum Gasteiger partial charge on any atom is -0.356 e. The lowest BCUT2D eigenvalue weighted by Crippen LogP contribution is -2.46. The van der Waals surface area contributed by atoms with Gasteiger partial charge in [0.2, 0.25) is 20.0 Å². The highest BCUT2D eigenvalue weighted by molar-refractivity contribution is 7.90. The van der Waals surface area contributed by atoms with Gasteiger partial charge in [0.15, 0.2) is 0 Å². The molecule has 0 atom stereocenters. The van der Waals surface area contributed by atoms with Gasteiger partial charge >= 0.3 is 0 Å². The molecule has 0 spiro atoms. The monoisotopic (exact) mass is 980 g/mol. The van der Waals surface area contributed by atoms with Crippen molar-refractivity contribution in [2.24, 2.45) is 0 Å². The number of anilines is 2. The normalized spacial score (nSPS) is 13.8. The molecule has 338 valence electrons. The summed E-state index contributed by atoms with van der Waals surface area (Å²) in [5, 5.41) is 2.01. The number of nitrogens with zero attached hydrogens (tertiary/aromatic N) is 4. The molecule has 0 saturated carbocycles. The van der Waals surface area contributed by atoms with E-state index in [2.05, 4.69) is 9.44 Å². The summed E-state index contributed by atoms with van der Waals surface area (Å²) in [7, 11) is -5.63. The van der Waals surface area contributed by atoms with Gasteiger partial charge in [-0.3, -0.25) is 19.2 Å². The highest BCUT2D eigenvalue weighted by atomic mass is 35.5. The SMILES string of the molecule is CCCCS(=O)(=O)NC(=O)c1ccc2c(c1)N(C)CN(Cc1ccc(Cl)cc1Cl)C2=O.CCCCS(=O)(=O)NC(=O)c1ccc2c(c1)N(Cc1ccc(Cl)cc1Cl)CN(CC)C2=O. The Morgan fingerprint density at radius 2 is 1.03 bits per heavy atom. The molecular weight excluding hydrogens is 934 g/mol. The van der Waals surface area contributed by atoms with Gasteiger partial charge in [-0.05, 0) is 91.6 Å². The van der Waals surface area contributed by atoms with Gasteiger partial charge in [0.05, 0.1) is 47.3 Å². The molecule has 0 aromatic heterocycles. The number of benzene rings is 4. The van der Waals surface area contributed by atoms with Crippen molar-refractivity contribution >= 4 is 101 Å². The van der Waals surface area contributed by atoms with Gasteiger partial charge in [-0.2, -0.15) is 0 Å². The number of carbonyl (C=O) groups excluding carboxylic acids is 4. The number of hydrogen-bond donors (Lipinski definition) is 2. The second-order valence-corrected chi connectivity index (χ2v) is 20.4. The van der Waals surface area contributed by atoms with Crippen molar-refractivity contribution in [3.8, 4) is 0 Å². The third kappa shape index (κ3) is 12.8. The molecule has 2 heterocycles. The lowest BCUT2D eigenvalue weighted by atomic mass is 10.0. The molecule has 63 heavy (non-hydrogen) atoms. The first-order valence-electron chi connectivity index (χ1n) is 20.1. The van der Waals surface area contributed by atoms with Crippen LogP contribution in [0.3, 0.4) is 0 Å². The van der Waals surface area contributed by atoms with Crippen molar-refractivity contribution < 1.29 is 36.0 Å². The third-order valence-corrected chi connectivity index (χ3v) is 14.0. The number of unbranched alkanes of at least 4 members (excludes halogenated alkanes) is 2. The van der Waals surface area contributed by atoms with E-state index < -0.39 is 31.9 Å². The van der Waals surface area contributed by atoms with Crippen LogP contribution in [0.1, 0.15) is 99.0 Å². The van der Waals surface area contributed by atoms with E-state index in [0.29, 0.717) is 94.6 Å². The zero-order valence-electron chi connectivity index (χ0n) is 35.1. The van der Waals surface area contributed by atoms with Crippen LogP contribution < -0.4 is 19.2 Å². The maximum Gasteiger partial charge on any atom is 0.264 e. The number of carbonyl (C=O) groups is 4. The molecule has 0 saturated heterocycles. The summed E-state index contributed by atoms with van der Waals surface area (Å²) in [5.41, 5.74) is 3.87. The highest BCUT2D eigenvalue weighted by Gasteiger charge is 2.31. The van der Waals surface area contributed by atoms with Crippen LogP contribution in [0, 0.1) is 0 Å².